The van der Waals surface area contributed by atoms with Crippen LogP contribution in [0, 0.1) is 23.2 Å². The van der Waals surface area contributed by atoms with Gasteiger partial charge in [0.1, 0.15) is 23.7 Å². The molecule has 4 amide bonds. The maximum absolute atomic E-state index is 14.1. The average molecular weight is 862 g/mol. The van der Waals surface area contributed by atoms with Crippen LogP contribution in [0.5, 0.6) is 0 Å². The molecular weight excluding hydrogens is 815 g/mol. The number of methoxy groups -OCH3 is 2. The lowest BCUT2D eigenvalue weighted by atomic mass is 9.98. The molecular formula is C48H47N9O7. The summed E-state index contributed by atoms with van der Waals surface area (Å²) in [5.41, 5.74) is 5.89. The zero-order valence-electron chi connectivity index (χ0n) is 35.7. The topological polar surface area (TPSA) is 215 Å². The lowest BCUT2D eigenvalue weighted by Crippen LogP contribution is -2.51. The number of rotatable bonds is 11. The predicted molar refractivity (Wildman–Crippen MR) is 236 cm³/mol. The van der Waals surface area contributed by atoms with E-state index in [4.69, 9.17) is 9.47 Å². The number of alkyl carbamates (subject to hydrolysis) is 2. The van der Waals surface area contributed by atoms with Gasteiger partial charge in [-0.1, -0.05) is 92.7 Å². The van der Waals surface area contributed by atoms with E-state index in [0.717, 1.165) is 44.4 Å². The van der Waals surface area contributed by atoms with E-state index in [1.165, 1.54) is 19.1 Å². The molecule has 0 spiro atoms. The number of Topliss-reactive ketones (excluding diaryl/α,β-unsaturated/α-hetero) is 1. The Labute approximate surface area is 369 Å². The Morgan fingerprint density at radius 1 is 0.734 bits per heavy atom. The van der Waals surface area contributed by atoms with E-state index >= 15 is 0 Å². The van der Waals surface area contributed by atoms with Gasteiger partial charge < -0.3 is 39.9 Å². The van der Waals surface area contributed by atoms with Crippen LogP contribution >= 0.6 is 0 Å². The number of H-pyrrole nitrogens is 2. The first kappa shape index (κ1) is 42.9. The molecule has 4 N–H and O–H groups in total. The second-order valence-corrected chi connectivity index (χ2v) is 16.3. The molecule has 0 bridgehead atoms. The third kappa shape index (κ3) is 8.78. The Morgan fingerprint density at radius 2 is 1.31 bits per heavy atom. The van der Waals surface area contributed by atoms with E-state index in [0.29, 0.717) is 23.6 Å². The molecule has 6 aromatic rings. The molecule has 2 fully saturated rings. The number of ketones is 1. The summed E-state index contributed by atoms with van der Waals surface area (Å²) in [4.78, 5) is 83.7. The number of nitrogens with zero attached hydrogens (tertiary/aromatic N) is 5. The SMILES string of the molecule is COC(=O)NC(C(=O)N1CC(C#N)CC1c1ncc(-c2ccc(-c3ccc4cc(-c5cnc(C6CC(=O)CN6C(=O)C(NC(=O)OC)C(C)C)[nH]5)ccc4c3)cc2)[nH]1)c1ccccc1. The van der Waals surface area contributed by atoms with Crippen molar-refractivity contribution in [2.45, 2.75) is 50.9 Å². The van der Waals surface area contributed by atoms with Crippen molar-refractivity contribution in [1.82, 2.24) is 40.4 Å². The van der Waals surface area contributed by atoms with Crippen molar-refractivity contribution in [2.24, 2.45) is 11.8 Å². The number of aromatic amines is 2. The fraction of sp³-hybridized carbons (Fsp3) is 0.292. The maximum Gasteiger partial charge on any atom is 0.407 e. The van der Waals surface area contributed by atoms with Crippen LogP contribution in [-0.2, 0) is 23.9 Å². The number of likely N-dealkylation sites (tertiary alicyclic amines) is 2. The smallest absolute Gasteiger partial charge is 0.407 e. The van der Waals surface area contributed by atoms with Gasteiger partial charge in [-0.15, -0.1) is 0 Å². The van der Waals surface area contributed by atoms with Crippen LogP contribution in [0.2, 0.25) is 0 Å². The summed E-state index contributed by atoms with van der Waals surface area (Å²) in [6.45, 7) is 3.76. The number of hydrogen-bond acceptors (Lipinski definition) is 10. The molecule has 326 valence electrons. The van der Waals surface area contributed by atoms with E-state index in [2.05, 4.69) is 60.9 Å². The van der Waals surface area contributed by atoms with Crippen molar-refractivity contribution in [3.05, 3.63) is 121 Å². The lowest BCUT2D eigenvalue weighted by molar-refractivity contribution is -0.136. The fourth-order valence-electron chi connectivity index (χ4n) is 8.49. The van der Waals surface area contributed by atoms with Crippen molar-refractivity contribution >= 4 is 40.6 Å². The van der Waals surface area contributed by atoms with Gasteiger partial charge in [-0.25, -0.2) is 19.6 Å². The van der Waals surface area contributed by atoms with Crippen molar-refractivity contribution in [1.29, 1.82) is 5.26 Å². The summed E-state index contributed by atoms with van der Waals surface area (Å²) in [6, 6.07) is 28.6. The summed E-state index contributed by atoms with van der Waals surface area (Å²) in [7, 11) is 2.47. The van der Waals surface area contributed by atoms with Gasteiger partial charge in [-0.05, 0) is 57.5 Å². The van der Waals surface area contributed by atoms with Crippen LogP contribution in [0.15, 0.2) is 103 Å². The van der Waals surface area contributed by atoms with E-state index in [-0.39, 0.29) is 43.0 Å². The first-order chi connectivity index (χ1) is 30.9. The zero-order valence-corrected chi connectivity index (χ0v) is 35.7. The summed E-state index contributed by atoms with van der Waals surface area (Å²) < 4.78 is 9.54. The minimum Gasteiger partial charge on any atom is -0.453 e. The monoisotopic (exact) mass is 861 g/mol. The van der Waals surface area contributed by atoms with E-state index in [1.54, 1.807) is 41.6 Å². The number of carbonyl (C=O) groups excluding carboxylic acids is 5. The molecule has 64 heavy (non-hydrogen) atoms. The quantitative estimate of drug-likeness (QED) is 0.104. The number of nitriles is 1. The number of nitrogens with one attached hydrogen (secondary N) is 4. The normalized spacial score (nSPS) is 18.1. The summed E-state index contributed by atoms with van der Waals surface area (Å²) in [5.74, 6) is -0.439. The van der Waals surface area contributed by atoms with Gasteiger partial charge in [-0.2, -0.15) is 5.26 Å². The van der Waals surface area contributed by atoms with Crippen molar-refractivity contribution in [2.75, 3.05) is 27.3 Å². The molecule has 0 aliphatic carbocycles. The number of carbonyl (C=O) groups is 5. The number of hydrogen-bond donors (Lipinski definition) is 4. The first-order valence-electron chi connectivity index (χ1n) is 21.0. The number of imidazole rings is 2. The lowest BCUT2D eigenvalue weighted by Gasteiger charge is -2.29. The second-order valence-electron chi connectivity index (χ2n) is 16.3. The Balaban J connectivity index is 0.965. The van der Waals surface area contributed by atoms with Gasteiger partial charge >= 0.3 is 12.2 Å². The summed E-state index contributed by atoms with van der Waals surface area (Å²) in [6.07, 6.45) is 2.47. The maximum atomic E-state index is 14.1. The minimum atomic E-state index is -1.01. The molecule has 2 aliphatic heterocycles. The molecule has 2 aromatic heterocycles. The van der Waals surface area contributed by atoms with Gasteiger partial charge in [0.25, 0.3) is 5.91 Å². The van der Waals surface area contributed by atoms with E-state index in [1.807, 2.05) is 56.3 Å². The van der Waals surface area contributed by atoms with E-state index < -0.39 is 42.3 Å². The second kappa shape index (κ2) is 18.3. The molecule has 4 aromatic carbocycles. The number of benzene rings is 4. The Bertz CT molecular complexity index is 2760. The van der Waals surface area contributed by atoms with E-state index in [9.17, 15) is 29.2 Å². The highest BCUT2D eigenvalue weighted by Crippen LogP contribution is 2.38. The van der Waals surface area contributed by atoms with Crippen molar-refractivity contribution in [3.8, 4) is 39.7 Å². The highest BCUT2D eigenvalue weighted by molar-refractivity contribution is 5.94. The fourth-order valence-corrected chi connectivity index (χ4v) is 8.49. The third-order valence-electron chi connectivity index (χ3n) is 11.9. The van der Waals surface area contributed by atoms with Crippen LogP contribution in [0.25, 0.3) is 44.4 Å². The van der Waals surface area contributed by atoms with Crippen LogP contribution in [-0.4, -0.2) is 92.9 Å². The Kier molecular flexibility index (Phi) is 12.2. The highest BCUT2D eigenvalue weighted by Gasteiger charge is 2.42. The van der Waals surface area contributed by atoms with Gasteiger partial charge in [-0.3, -0.25) is 14.4 Å². The molecule has 16 nitrogen and oxygen atoms in total. The summed E-state index contributed by atoms with van der Waals surface area (Å²) >= 11 is 0. The third-order valence-corrected chi connectivity index (χ3v) is 11.9. The Morgan fingerprint density at radius 3 is 1.95 bits per heavy atom. The standard InChI is InChI=1S/C48H47N9O7/c1-27(2)41(54-47(61)63-3)45(59)57-26-36(58)21-40(57)44-51-24-38(53-44)35-17-16-33-19-32(14-15-34(33)20-35)29-10-12-30(13-11-29)37-23-50-43(52-37)39-18-28(22-49)25-56(39)46(60)42(55-48(62)64-4)31-8-6-5-7-9-31/h5-17,19-20,23-24,27-28,39-42H,18,21,25-26H2,1-4H3,(H,50,52)(H,51,53)(H,54,61)(H,55,62). The van der Waals surface area contributed by atoms with Crippen LogP contribution < -0.4 is 10.6 Å². The molecule has 2 aliphatic rings. The van der Waals surface area contributed by atoms with Gasteiger partial charge in [0, 0.05) is 18.5 Å². The van der Waals surface area contributed by atoms with Gasteiger partial charge in [0.15, 0.2) is 5.78 Å². The molecule has 4 heterocycles. The number of aromatic nitrogens is 4. The number of ether oxygens (including phenoxy) is 2. The summed E-state index contributed by atoms with van der Waals surface area (Å²) in [5, 5.41) is 17.2. The largest absolute Gasteiger partial charge is 0.453 e. The van der Waals surface area contributed by atoms with Crippen LogP contribution in [0.1, 0.15) is 62.0 Å². The molecule has 16 heteroatoms. The average Bonchev–Trinajstić information content (AvgIpc) is 4.16. The molecule has 5 atom stereocenters. The zero-order chi connectivity index (χ0) is 45.1. The highest BCUT2D eigenvalue weighted by atomic mass is 16.5. The van der Waals surface area contributed by atoms with Crippen LogP contribution in [0.4, 0.5) is 9.59 Å². The van der Waals surface area contributed by atoms with Crippen LogP contribution in [0.3, 0.4) is 0 Å². The molecule has 8 rings (SSSR count). The minimum absolute atomic E-state index is 0.0694. The molecule has 2 saturated heterocycles. The van der Waals surface area contributed by atoms with Gasteiger partial charge in [0.05, 0.1) is 68.6 Å². The number of fused-ring (bicyclic) bond motifs is 1. The Hall–Kier alpha value is -7.80. The molecule has 0 saturated carbocycles. The molecule has 5 unspecified atom stereocenters. The molecule has 0 radical (unpaired) electrons. The predicted octanol–water partition coefficient (Wildman–Crippen LogP) is 7.02. The number of amides is 4. The van der Waals surface area contributed by atoms with Crippen molar-refractivity contribution < 1.29 is 33.4 Å². The van der Waals surface area contributed by atoms with Gasteiger partial charge in [0.2, 0.25) is 5.91 Å². The first-order valence-corrected chi connectivity index (χ1v) is 21.0. The van der Waals surface area contributed by atoms with Crippen molar-refractivity contribution in [3.63, 3.8) is 0 Å².